The molecule has 0 aromatic heterocycles. The summed E-state index contributed by atoms with van der Waals surface area (Å²) in [6, 6.07) is 5.94. The molecule has 0 spiro atoms. The second kappa shape index (κ2) is 8.96. The molecule has 1 fully saturated rings. The Hall–Kier alpha value is -2.75. The highest BCUT2D eigenvalue weighted by Crippen LogP contribution is 2.36. The lowest BCUT2D eigenvalue weighted by atomic mass is 9.96. The van der Waals surface area contributed by atoms with E-state index in [9.17, 15) is 14.0 Å². The van der Waals surface area contributed by atoms with Gasteiger partial charge in [-0.05, 0) is 30.5 Å². The minimum absolute atomic E-state index is 0.0343. The van der Waals surface area contributed by atoms with E-state index in [-0.39, 0.29) is 30.0 Å². The summed E-state index contributed by atoms with van der Waals surface area (Å²) in [5.74, 6) is 1.99. The zero-order valence-electron chi connectivity index (χ0n) is 15.9. The third kappa shape index (κ3) is 5.38. The largest absolute Gasteiger partial charge is 0.356 e. The Kier molecular flexibility index (Phi) is 6.40. The topological polar surface area (TPSA) is 74.1 Å². The van der Waals surface area contributed by atoms with Crippen molar-refractivity contribution in [2.24, 2.45) is 16.1 Å². The smallest absolute Gasteiger partial charge is 0.227 e. The molecule has 6 nitrogen and oxygen atoms in total. The predicted molar refractivity (Wildman–Crippen MR) is 103 cm³/mol. The molecule has 1 aromatic rings. The first-order valence-corrected chi connectivity index (χ1v) is 9.69. The van der Waals surface area contributed by atoms with Crippen LogP contribution in [0.2, 0.25) is 0 Å². The van der Waals surface area contributed by atoms with Gasteiger partial charge >= 0.3 is 0 Å². The van der Waals surface area contributed by atoms with Crippen molar-refractivity contribution < 1.29 is 14.0 Å². The maximum atomic E-state index is 13.0. The number of amides is 2. The summed E-state index contributed by atoms with van der Waals surface area (Å²) in [6.45, 7) is 1.57. The van der Waals surface area contributed by atoms with Crippen LogP contribution in [0.5, 0.6) is 0 Å². The van der Waals surface area contributed by atoms with Gasteiger partial charge in [0.25, 0.3) is 0 Å². The fourth-order valence-corrected chi connectivity index (χ4v) is 3.50. The summed E-state index contributed by atoms with van der Waals surface area (Å²) in [7, 11) is 0. The van der Waals surface area contributed by atoms with E-state index in [0.717, 1.165) is 18.4 Å². The van der Waals surface area contributed by atoms with Crippen molar-refractivity contribution in [3.05, 3.63) is 35.6 Å². The quantitative estimate of drug-likeness (QED) is 0.700. The molecule has 7 heteroatoms. The van der Waals surface area contributed by atoms with Crippen LogP contribution in [-0.4, -0.2) is 42.0 Å². The van der Waals surface area contributed by atoms with Crippen LogP contribution in [0, 0.1) is 24.1 Å². The Morgan fingerprint density at radius 1 is 1.29 bits per heavy atom. The van der Waals surface area contributed by atoms with E-state index >= 15 is 0 Å². The van der Waals surface area contributed by atoms with Crippen molar-refractivity contribution in [1.82, 2.24) is 10.2 Å². The van der Waals surface area contributed by atoms with Crippen LogP contribution in [0.15, 0.2) is 34.5 Å². The lowest BCUT2D eigenvalue weighted by Gasteiger charge is -2.32. The SMILES string of the molecule is C#CCCC1(CCNC(=O)C2CCCN(C(=O)Cc3ccc(F)cc3)C2)N=N1. The Labute approximate surface area is 164 Å². The minimum Gasteiger partial charge on any atom is -0.356 e. The van der Waals surface area contributed by atoms with E-state index in [2.05, 4.69) is 21.5 Å². The maximum Gasteiger partial charge on any atom is 0.227 e. The van der Waals surface area contributed by atoms with Crippen molar-refractivity contribution >= 4 is 11.8 Å². The number of hydrogen-bond donors (Lipinski definition) is 1. The predicted octanol–water partition coefficient (Wildman–Crippen LogP) is 2.69. The highest BCUT2D eigenvalue weighted by Gasteiger charge is 2.39. The second-order valence-electron chi connectivity index (χ2n) is 7.41. The highest BCUT2D eigenvalue weighted by atomic mass is 19.1. The number of hydrogen-bond acceptors (Lipinski definition) is 4. The Balaban J connectivity index is 1.43. The molecular formula is C21H25FN4O2. The number of halogens is 1. The Morgan fingerprint density at radius 2 is 2.04 bits per heavy atom. The molecule has 148 valence electrons. The molecule has 0 radical (unpaired) electrons. The first kappa shape index (κ1) is 20.0. The molecule has 1 aromatic carbocycles. The summed E-state index contributed by atoms with van der Waals surface area (Å²) in [5, 5.41) is 11.1. The van der Waals surface area contributed by atoms with Crippen molar-refractivity contribution in [3.63, 3.8) is 0 Å². The van der Waals surface area contributed by atoms with Crippen LogP contribution >= 0.6 is 0 Å². The summed E-state index contributed by atoms with van der Waals surface area (Å²) in [6.07, 6.45) is 9.05. The molecule has 3 rings (SSSR count). The standard InChI is InChI=1S/C21H25FN4O2/c1-2-3-10-21(24-25-21)11-12-23-20(28)17-5-4-13-26(15-17)19(27)14-16-6-8-18(22)9-7-16/h1,6-9,17H,3-5,10-15H2,(H,23,28). The molecule has 2 amide bonds. The van der Waals surface area contributed by atoms with Crippen LogP contribution in [0.3, 0.4) is 0 Å². The number of terminal acetylenes is 1. The van der Waals surface area contributed by atoms with Gasteiger partial charge in [0.15, 0.2) is 5.66 Å². The van der Waals surface area contributed by atoms with Gasteiger partial charge in [-0.2, -0.15) is 10.2 Å². The van der Waals surface area contributed by atoms with Gasteiger partial charge in [0.2, 0.25) is 11.8 Å². The molecule has 1 saturated heterocycles. The number of rotatable bonds is 8. The Morgan fingerprint density at radius 3 is 2.71 bits per heavy atom. The first-order valence-electron chi connectivity index (χ1n) is 9.69. The summed E-state index contributed by atoms with van der Waals surface area (Å²) in [4.78, 5) is 26.8. The van der Waals surface area contributed by atoms with Gasteiger partial charge in [0, 0.05) is 38.9 Å². The number of nitrogens with zero attached hydrogens (tertiary/aromatic N) is 3. The summed E-state index contributed by atoms with van der Waals surface area (Å²) in [5.41, 5.74) is 0.371. The highest BCUT2D eigenvalue weighted by molar-refractivity contribution is 5.82. The van der Waals surface area contributed by atoms with Gasteiger partial charge in [-0.3, -0.25) is 9.59 Å². The van der Waals surface area contributed by atoms with Crippen molar-refractivity contribution in [1.29, 1.82) is 0 Å². The summed E-state index contributed by atoms with van der Waals surface area (Å²) >= 11 is 0. The van der Waals surface area contributed by atoms with Crippen LogP contribution in [0.25, 0.3) is 0 Å². The Bertz CT molecular complexity index is 779. The van der Waals surface area contributed by atoms with E-state index in [1.165, 1.54) is 12.1 Å². The monoisotopic (exact) mass is 384 g/mol. The van der Waals surface area contributed by atoms with Gasteiger partial charge in [-0.1, -0.05) is 12.1 Å². The second-order valence-corrected chi connectivity index (χ2v) is 7.41. The lowest BCUT2D eigenvalue weighted by Crippen LogP contribution is -2.46. The number of likely N-dealkylation sites (tertiary alicyclic amines) is 1. The normalized spacial score (nSPS) is 19.7. The minimum atomic E-state index is -0.399. The fourth-order valence-electron chi connectivity index (χ4n) is 3.50. The molecule has 1 unspecified atom stereocenters. The molecule has 0 bridgehead atoms. The van der Waals surface area contributed by atoms with E-state index < -0.39 is 5.66 Å². The van der Waals surface area contributed by atoms with Gasteiger partial charge in [-0.25, -0.2) is 4.39 Å². The third-order valence-corrected chi connectivity index (χ3v) is 5.29. The van der Waals surface area contributed by atoms with E-state index in [1.54, 1.807) is 17.0 Å². The van der Waals surface area contributed by atoms with E-state index in [1.807, 2.05) is 0 Å². The molecule has 2 heterocycles. The van der Waals surface area contributed by atoms with Gasteiger partial charge in [-0.15, -0.1) is 12.3 Å². The zero-order valence-corrected chi connectivity index (χ0v) is 15.9. The van der Waals surface area contributed by atoms with Crippen LogP contribution < -0.4 is 5.32 Å². The maximum absolute atomic E-state index is 13.0. The van der Waals surface area contributed by atoms with Crippen LogP contribution in [0.4, 0.5) is 4.39 Å². The fraction of sp³-hybridized carbons (Fsp3) is 0.524. The van der Waals surface area contributed by atoms with Gasteiger partial charge < -0.3 is 10.2 Å². The average molecular weight is 384 g/mol. The van der Waals surface area contributed by atoms with Crippen molar-refractivity contribution in [3.8, 4) is 12.3 Å². The van der Waals surface area contributed by atoms with E-state index in [4.69, 9.17) is 6.42 Å². The van der Waals surface area contributed by atoms with E-state index in [0.29, 0.717) is 38.9 Å². The zero-order chi connectivity index (χ0) is 20.0. The number of carbonyl (C=O) groups is 2. The molecule has 28 heavy (non-hydrogen) atoms. The van der Waals surface area contributed by atoms with Crippen molar-refractivity contribution in [2.75, 3.05) is 19.6 Å². The average Bonchev–Trinajstić information content (AvgIpc) is 3.48. The molecule has 1 atom stereocenters. The molecule has 1 N–H and O–H groups in total. The van der Waals surface area contributed by atoms with Crippen LogP contribution in [0.1, 0.15) is 37.7 Å². The number of nitrogens with one attached hydrogen (secondary N) is 1. The molecule has 0 saturated carbocycles. The lowest BCUT2D eigenvalue weighted by molar-refractivity contribution is -0.135. The molecule has 2 aliphatic rings. The number of carbonyl (C=O) groups excluding carboxylic acids is 2. The number of benzene rings is 1. The van der Waals surface area contributed by atoms with Gasteiger partial charge in [0.05, 0.1) is 12.3 Å². The first-order chi connectivity index (χ1) is 13.5. The molecule has 2 aliphatic heterocycles. The third-order valence-electron chi connectivity index (χ3n) is 5.29. The molecular weight excluding hydrogens is 359 g/mol. The van der Waals surface area contributed by atoms with Gasteiger partial charge in [0.1, 0.15) is 5.82 Å². The number of piperidine rings is 1. The molecule has 0 aliphatic carbocycles. The summed E-state index contributed by atoms with van der Waals surface area (Å²) < 4.78 is 13.0. The van der Waals surface area contributed by atoms with Crippen molar-refractivity contribution in [2.45, 2.75) is 44.2 Å². The van der Waals surface area contributed by atoms with Crippen LogP contribution in [-0.2, 0) is 16.0 Å².